The lowest BCUT2D eigenvalue weighted by atomic mass is 10.00. The van der Waals surface area contributed by atoms with E-state index >= 15 is 0 Å². The number of nitrogens with one attached hydrogen (secondary N) is 2. The third-order valence-corrected chi connectivity index (χ3v) is 5.29. The Kier molecular flexibility index (Phi) is 8.45. The molecule has 1 aliphatic rings. The Morgan fingerprint density at radius 3 is 2.36 bits per heavy atom. The molecule has 1 aliphatic heterocycles. The zero-order chi connectivity index (χ0) is 20.7. The first-order valence-electron chi connectivity index (χ1n) is 10.3. The van der Waals surface area contributed by atoms with Crippen molar-refractivity contribution in [3.05, 3.63) is 35.4 Å². The van der Waals surface area contributed by atoms with E-state index in [9.17, 15) is 9.59 Å². The Morgan fingerprint density at radius 1 is 1.11 bits per heavy atom. The van der Waals surface area contributed by atoms with Gasteiger partial charge in [-0.1, -0.05) is 45.4 Å². The van der Waals surface area contributed by atoms with Crippen LogP contribution in [0.4, 0.5) is 0 Å². The molecule has 0 saturated carbocycles. The molecule has 2 atom stereocenters. The first-order chi connectivity index (χ1) is 13.3. The topological polar surface area (TPSA) is 70.7 Å². The van der Waals surface area contributed by atoms with Crippen LogP contribution in [0.1, 0.15) is 43.6 Å². The van der Waals surface area contributed by atoms with Crippen LogP contribution in [0.5, 0.6) is 0 Å². The molecule has 0 aliphatic carbocycles. The molecule has 156 valence electrons. The fourth-order valence-electron chi connectivity index (χ4n) is 3.56. The van der Waals surface area contributed by atoms with Crippen molar-refractivity contribution in [3.63, 3.8) is 0 Å². The van der Waals surface area contributed by atoms with Crippen molar-refractivity contribution in [2.24, 2.45) is 11.8 Å². The van der Waals surface area contributed by atoms with Gasteiger partial charge in [-0.05, 0) is 30.9 Å². The highest BCUT2D eigenvalue weighted by Gasteiger charge is 2.28. The van der Waals surface area contributed by atoms with Gasteiger partial charge in [-0.3, -0.25) is 14.5 Å². The fourth-order valence-corrected chi connectivity index (χ4v) is 3.56. The molecule has 1 aromatic rings. The van der Waals surface area contributed by atoms with E-state index in [1.807, 2.05) is 39.0 Å². The molecule has 6 heteroatoms. The summed E-state index contributed by atoms with van der Waals surface area (Å²) in [5, 5.41) is 5.98. The first kappa shape index (κ1) is 22.4. The second kappa shape index (κ2) is 10.6. The summed E-state index contributed by atoms with van der Waals surface area (Å²) in [7, 11) is 0. The fraction of sp³-hybridized carbons (Fsp3) is 0.636. The van der Waals surface area contributed by atoms with Crippen LogP contribution in [0.3, 0.4) is 0 Å². The molecule has 1 aromatic carbocycles. The Labute approximate surface area is 169 Å². The van der Waals surface area contributed by atoms with Crippen molar-refractivity contribution in [3.8, 4) is 0 Å². The molecule has 6 nitrogen and oxygen atoms in total. The first-order valence-corrected chi connectivity index (χ1v) is 10.3. The van der Waals surface area contributed by atoms with Crippen molar-refractivity contribution in [1.29, 1.82) is 0 Å². The van der Waals surface area contributed by atoms with Crippen LogP contribution >= 0.6 is 0 Å². The number of rotatable bonds is 8. The largest absolute Gasteiger partial charge is 0.379 e. The van der Waals surface area contributed by atoms with Gasteiger partial charge in [-0.2, -0.15) is 0 Å². The molecule has 0 bridgehead atoms. The molecule has 2 rings (SSSR count). The summed E-state index contributed by atoms with van der Waals surface area (Å²) < 4.78 is 5.44. The van der Waals surface area contributed by atoms with Gasteiger partial charge in [0.15, 0.2) is 0 Å². The number of benzene rings is 1. The summed E-state index contributed by atoms with van der Waals surface area (Å²) in [6, 6.07) is 7.09. The minimum absolute atomic E-state index is 0.00496. The lowest BCUT2D eigenvalue weighted by Crippen LogP contribution is -2.55. The average Bonchev–Trinajstić information content (AvgIpc) is 2.66. The van der Waals surface area contributed by atoms with Gasteiger partial charge in [-0.15, -0.1) is 0 Å². The minimum atomic E-state index is -0.564. The maximum atomic E-state index is 12.9. The lowest BCUT2D eigenvalue weighted by Gasteiger charge is -2.37. The lowest BCUT2D eigenvalue weighted by molar-refractivity contribution is -0.124. The number of carbonyl (C=O) groups is 2. The van der Waals surface area contributed by atoms with Crippen LogP contribution in [0.15, 0.2) is 24.3 Å². The third kappa shape index (κ3) is 6.31. The zero-order valence-electron chi connectivity index (χ0n) is 17.8. The average molecular weight is 390 g/mol. The highest BCUT2D eigenvalue weighted by atomic mass is 16.5. The van der Waals surface area contributed by atoms with Gasteiger partial charge >= 0.3 is 0 Å². The predicted molar refractivity (Wildman–Crippen MR) is 111 cm³/mol. The number of hydrogen-bond acceptors (Lipinski definition) is 4. The van der Waals surface area contributed by atoms with Gasteiger partial charge in [-0.25, -0.2) is 0 Å². The highest BCUT2D eigenvalue weighted by Crippen LogP contribution is 2.13. The molecule has 1 heterocycles. The van der Waals surface area contributed by atoms with E-state index < -0.39 is 6.04 Å². The van der Waals surface area contributed by atoms with Crippen LogP contribution in [0, 0.1) is 18.8 Å². The minimum Gasteiger partial charge on any atom is -0.379 e. The molecule has 0 spiro atoms. The summed E-state index contributed by atoms with van der Waals surface area (Å²) >= 11 is 0. The number of hydrogen-bond donors (Lipinski definition) is 2. The standard InChI is InChI=1S/C22H35N3O3/c1-15(2)19(25-9-11-28-12-10-25)14-23-22(27)20(16(3)4)24-21(26)18-8-6-7-17(5)13-18/h6-8,13,15-16,19-20H,9-12,14H2,1-5H3,(H,23,27)(H,24,26). The van der Waals surface area contributed by atoms with E-state index in [2.05, 4.69) is 29.4 Å². The molecule has 1 fully saturated rings. The Hall–Kier alpha value is -1.92. The number of ether oxygens (including phenoxy) is 1. The predicted octanol–water partition coefficient (Wildman–Crippen LogP) is 2.22. The summed E-state index contributed by atoms with van der Waals surface area (Å²) in [5.74, 6) is 0.0634. The zero-order valence-corrected chi connectivity index (χ0v) is 17.8. The Bertz CT molecular complexity index is 654. The summed E-state index contributed by atoms with van der Waals surface area (Å²) in [6.07, 6.45) is 0. The summed E-state index contributed by atoms with van der Waals surface area (Å²) in [5.41, 5.74) is 1.59. The SMILES string of the molecule is Cc1cccc(C(=O)NC(C(=O)NCC(C(C)C)N2CCOCC2)C(C)C)c1. The van der Waals surface area contributed by atoms with Crippen molar-refractivity contribution in [2.75, 3.05) is 32.8 Å². The van der Waals surface area contributed by atoms with E-state index in [0.717, 1.165) is 31.9 Å². The molecule has 28 heavy (non-hydrogen) atoms. The van der Waals surface area contributed by atoms with Crippen molar-refractivity contribution < 1.29 is 14.3 Å². The van der Waals surface area contributed by atoms with E-state index in [0.29, 0.717) is 18.0 Å². The number of aryl methyl sites for hydroxylation is 1. The monoisotopic (exact) mass is 389 g/mol. The molecule has 2 amide bonds. The third-order valence-electron chi connectivity index (χ3n) is 5.29. The van der Waals surface area contributed by atoms with Crippen LogP contribution in [-0.2, 0) is 9.53 Å². The van der Waals surface area contributed by atoms with Crippen LogP contribution < -0.4 is 10.6 Å². The second-order valence-electron chi connectivity index (χ2n) is 8.27. The van der Waals surface area contributed by atoms with E-state index in [-0.39, 0.29) is 23.8 Å². The van der Waals surface area contributed by atoms with Gasteiger partial charge in [0.05, 0.1) is 13.2 Å². The van der Waals surface area contributed by atoms with Crippen LogP contribution in [-0.4, -0.2) is 61.6 Å². The molecule has 0 aromatic heterocycles. The maximum Gasteiger partial charge on any atom is 0.251 e. The van der Waals surface area contributed by atoms with Crippen LogP contribution in [0.2, 0.25) is 0 Å². The number of amides is 2. The smallest absolute Gasteiger partial charge is 0.251 e. The normalized spacial score (nSPS) is 17.4. The molecule has 2 N–H and O–H groups in total. The Balaban J connectivity index is 1.98. The summed E-state index contributed by atoms with van der Waals surface area (Å²) in [4.78, 5) is 27.8. The van der Waals surface area contributed by atoms with Gasteiger partial charge in [0.25, 0.3) is 5.91 Å². The van der Waals surface area contributed by atoms with E-state index in [4.69, 9.17) is 4.74 Å². The number of carbonyl (C=O) groups excluding carboxylic acids is 2. The van der Waals surface area contributed by atoms with Crippen molar-refractivity contribution >= 4 is 11.8 Å². The van der Waals surface area contributed by atoms with E-state index in [1.165, 1.54) is 0 Å². The molecule has 1 saturated heterocycles. The summed E-state index contributed by atoms with van der Waals surface area (Å²) in [6.45, 7) is 14.0. The maximum absolute atomic E-state index is 12.9. The highest BCUT2D eigenvalue weighted by molar-refractivity contribution is 5.97. The van der Waals surface area contributed by atoms with Gasteiger partial charge in [0, 0.05) is 31.2 Å². The molecular weight excluding hydrogens is 354 g/mol. The molecular formula is C22H35N3O3. The van der Waals surface area contributed by atoms with Gasteiger partial charge in [0.1, 0.15) is 6.04 Å². The van der Waals surface area contributed by atoms with E-state index in [1.54, 1.807) is 6.07 Å². The second-order valence-corrected chi connectivity index (χ2v) is 8.27. The van der Waals surface area contributed by atoms with Crippen molar-refractivity contribution in [2.45, 2.75) is 46.7 Å². The molecule has 2 unspecified atom stereocenters. The van der Waals surface area contributed by atoms with Gasteiger partial charge in [0.2, 0.25) is 5.91 Å². The Morgan fingerprint density at radius 2 is 1.79 bits per heavy atom. The van der Waals surface area contributed by atoms with Crippen LogP contribution in [0.25, 0.3) is 0 Å². The number of nitrogens with zero attached hydrogens (tertiary/aromatic N) is 1. The quantitative estimate of drug-likeness (QED) is 0.715. The van der Waals surface area contributed by atoms with Crippen molar-refractivity contribution in [1.82, 2.24) is 15.5 Å². The molecule has 0 radical (unpaired) electrons. The number of morpholine rings is 1. The van der Waals surface area contributed by atoms with Gasteiger partial charge < -0.3 is 15.4 Å².